The first-order valence-corrected chi connectivity index (χ1v) is 9.25. The standard InChI is InChI=1S/C14H21N5O3S/c1-2-19-15-11-14(17-19)23(20,21)16-10-12(13-6-5-9-22-13)18-7-3-4-8-18/h5-6,9,11-12,16H,2-4,7-8,10H2,1H3. The van der Waals surface area contributed by atoms with Crippen LogP contribution < -0.4 is 4.72 Å². The van der Waals surface area contributed by atoms with E-state index in [-0.39, 0.29) is 17.6 Å². The van der Waals surface area contributed by atoms with E-state index in [0.717, 1.165) is 31.7 Å². The number of nitrogens with one attached hydrogen (secondary N) is 1. The zero-order chi connectivity index (χ0) is 16.3. The van der Waals surface area contributed by atoms with Crippen LogP contribution in [0.1, 0.15) is 31.6 Å². The Bertz CT molecular complexity index is 719. The van der Waals surface area contributed by atoms with Gasteiger partial charge in [-0.25, -0.2) is 13.1 Å². The van der Waals surface area contributed by atoms with Gasteiger partial charge >= 0.3 is 0 Å². The quantitative estimate of drug-likeness (QED) is 0.809. The van der Waals surface area contributed by atoms with Crippen LogP contribution in [0.15, 0.2) is 34.0 Å². The van der Waals surface area contributed by atoms with Crippen LogP contribution in [0.3, 0.4) is 0 Å². The Morgan fingerprint density at radius 2 is 2.17 bits per heavy atom. The average molecular weight is 339 g/mol. The maximum Gasteiger partial charge on any atom is 0.261 e. The summed E-state index contributed by atoms with van der Waals surface area (Å²) in [6.07, 6.45) is 5.12. The summed E-state index contributed by atoms with van der Waals surface area (Å²) < 4.78 is 32.9. The Morgan fingerprint density at radius 3 is 2.78 bits per heavy atom. The lowest BCUT2D eigenvalue weighted by Gasteiger charge is -2.25. The zero-order valence-corrected chi connectivity index (χ0v) is 13.9. The van der Waals surface area contributed by atoms with E-state index < -0.39 is 10.0 Å². The number of aryl methyl sites for hydroxylation is 1. The van der Waals surface area contributed by atoms with E-state index in [4.69, 9.17) is 4.42 Å². The lowest BCUT2D eigenvalue weighted by atomic mass is 10.2. The van der Waals surface area contributed by atoms with Crippen LogP contribution >= 0.6 is 0 Å². The van der Waals surface area contributed by atoms with Crippen LogP contribution in [0.4, 0.5) is 0 Å². The third-order valence-corrected chi connectivity index (χ3v) is 5.28. The third-order valence-electron chi connectivity index (χ3n) is 3.99. The van der Waals surface area contributed by atoms with Gasteiger partial charge in [0.05, 0.1) is 25.0 Å². The molecule has 0 bridgehead atoms. The number of nitrogens with zero attached hydrogens (tertiary/aromatic N) is 4. The van der Waals surface area contributed by atoms with Crippen LogP contribution in [-0.2, 0) is 16.6 Å². The van der Waals surface area contributed by atoms with Crippen molar-refractivity contribution in [3.05, 3.63) is 30.4 Å². The van der Waals surface area contributed by atoms with Crippen molar-refractivity contribution in [2.75, 3.05) is 19.6 Å². The number of hydrogen-bond donors (Lipinski definition) is 1. The number of furan rings is 1. The Labute approximate surface area is 135 Å². The van der Waals surface area contributed by atoms with Crippen molar-refractivity contribution in [2.45, 2.75) is 37.4 Å². The van der Waals surface area contributed by atoms with E-state index >= 15 is 0 Å². The lowest BCUT2D eigenvalue weighted by molar-refractivity contribution is 0.216. The van der Waals surface area contributed by atoms with Gasteiger partial charge in [0.1, 0.15) is 5.76 Å². The van der Waals surface area contributed by atoms with Gasteiger partial charge in [0.25, 0.3) is 10.0 Å². The molecule has 0 spiro atoms. The predicted octanol–water partition coefficient (Wildman–Crippen LogP) is 1.01. The minimum atomic E-state index is -3.68. The molecule has 0 saturated carbocycles. The van der Waals surface area contributed by atoms with Gasteiger partial charge in [0, 0.05) is 6.54 Å². The molecule has 0 radical (unpaired) electrons. The first-order chi connectivity index (χ1) is 11.1. The smallest absolute Gasteiger partial charge is 0.261 e. The van der Waals surface area contributed by atoms with Crippen molar-refractivity contribution in [1.29, 1.82) is 0 Å². The zero-order valence-electron chi connectivity index (χ0n) is 13.1. The lowest BCUT2D eigenvalue weighted by Crippen LogP contribution is -2.36. The highest BCUT2D eigenvalue weighted by molar-refractivity contribution is 7.89. The number of aromatic nitrogens is 3. The van der Waals surface area contributed by atoms with Crippen LogP contribution in [0, 0.1) is 0 Å². The van der Waals surface area contributed by atoms with Crippen molar-refractivity contribution in [1.82, 2.24) is 24.6 Å². The van der Waals surface area contributed by atoms with Crippen molar-refractivity contribution in [2.24, 2.45) is 0 Å². The fourth-order valence-electron chi connectivity index (χ4n) is 2.76. The summed E-state index contributed by atoms with van der Waals surface area (Å²) in [6, 6.07) is 3.59. The van der Waals surface area contributed by atoms with Gasteiger partial charge in [-0.1, -0.05) is 0 Å². The molecule has 1 aliphatic heterocycles. The molecule has 1 N–H and O–H groups in total. The summed E-state index contributed by atoms with van der Waals surface area (Å²) >= 11 is 0. The molecule has 1 saturated heterocycles. The number of rotatable bonds is 7. The molecule has 1 fully saturated rings. The summed E-state index contributed by atoms with van der Waals surface area (Å²) in [5.74, 6) is 0.770. The Balaban J connectivity index is 1.73. The second-order valence-corrected chi connectivity index (χ2v) is 7.21. The Kier molecular flexibility index (Phi) is 4.79. The molecular formula is C14H21N5O3S. The van der Waals surface area contributed by atoms with E-state index in [0.29, 0.717) is 6.54 Å². The molecule has 9 heteroatoms. The SMILES string of the molecule is CCn1ncc(S(=O)(=O)NCC(c2ccco2)N2CCCC2)n1. The molecule has 1 unspecified atom stereocenters. The van der Waals surface area contributed by atoms with Gasteiger partial charge < -0.3 is 4.42 Å². The summed E-state index contributed by atoms with van der Waals surface area (Å²) in [4.78, 5) is 3.59. The first-order valence-electron chi connectivity index (χ1n) is 7.77. The van der Waals surface area contributed by atoms with Gasteiger partial charge in [-0.3, -0.25) is 4.90 Å². The minimum Gasteiger partial charge on any atom is -0.468 e. The highest BCUT2D eigenvalue weighted by atomic mass is 32.2. The second-order valence-electron chi connectivity index (χ2n) is 5.50. The third kappa shape index (κ3) is 3.62. The summed E-state index contributed by atoms with van der Waals surface area (Å²) in [5.41, 5.74) is 0. The summed E-state index contributed by atoms with van der Waals surface area (Å²) in [6.45, 7) is 4.51. The summed E-state index contributed by atoms with van der Waals surface area (Å²) in [5, 5.41) is 7.81. The topological polar surface area (TPSA) is 93.3 Å². The molecule has 0 aliphatic carbocycles. The number of likely N-dealkylation sites (tertiary alicyclic amines) is 1. The molecule has 23 heavy (non-hydrogen) atoms. The number of sulfonamides is 1. The molecule has 126 valence electrons. The van der Waals surface area contributed by atoms with Crippen molar-refractivity contribution < 1.29 is 12.8 Å². The van der Waals surface area contributed by atoms with Crippen LogP contribution in [-0.4, -0.2) is 47.9 Å². The summed E-state index contributed by atoms with van der Waals surface area (Å²) in [7, 11) is -3.68. The van der Waals surface area contributed by atoms with Gasteiger partial charge in [-0.2, -0.15) is 9.90 Å². The molecule has 2 aromatic rings. The molecule has 2 aromatic heterocycles. The van der Waals surface area contributed by atoms with Crippen molar-refractivity contribution in [3.8, 4) is 0 Å². The van der Waals surface area contributed by atoms with E-state index in [1.165, 1.54) is 11.0 Å². The van der Waals surface area contributed by atoms with Crippen LogP contribution in [0.5, 0.6) is 0 Å². The van der Waals surface area contributed by atoms with E-state index in [1.807, 2.05) is 19.1 Å². The monoisotopic (exact) mass is 339 g/mol. The molecule has 8 nitrogen and oxygen atoms in total. The maximum absolute atomic E-state index is 12.4. The van der Waals surface area contributed by atoms with Gasteiger partial charge in [0.2, 0.25) is 5.03 Å². The largest absolute Gasteiger partial charge is 0.468 e. The van der Waals surface area contributed by atoms with Crippen LogP contribution in [0.25, 0.3) is 0 Å². The molecule has 0 aromatic carbocycles. The molecule has 0 amide bonds. The fourth-order valence-corrected chi connectivity index (χ4v) is 3.68. The number of hydrogen-bond acceptors (Lipinski definition) is 6. The second kappa shape index (κ2) is 6.81. The molecular weight excluding hydrogens is 318 g/mol. The van der Waals surface area contributed by atoms with Gasteiger partial charge in [-0.05, 0) is 45.0 Å². The van der Waals surface area contributed by atoms with Crippen molar-refractivity contribution >= 4 is 10.0 Å². The van der Waals surface area contributed by atoms with E-state index in [9.17, 15) is 8.42 Å². The first kappa shape index (κ1) is 16.2. The molecule has 1 atom stereocenters. The maximum atomic E-state index is 12.4. The minimum absolute atomic E-state index is 0.0565. The Hall–Kier alpha value is -1.71. The molecule has 3 rings (SSSR count). The highest BCUT2D eigenvalue weighted by Gasteiger charge is 2.28. The molecule has 3 heterocycles. The average Bonchev–Trinajstić information content (AvgIpc) is 3.29. The highest BCUT2D eigenvalue weighted by Crippen LogP contribution is 2.25. The Morgan fingerprint density at radius 1 is 1.39 bits per heavy atom. The predicted molar refractivity (Wildman–Crippen MR) is 83.1 cm³/mol. The van der Waals surface area contributed by atoms with Crippen LogP contribution in [0.2, 0.25) is 0 Å². The van der Waals surface area contributed by atoms with Crippen molar-refractivity contribution in [3.63, 3.8) is 0 Å². The van der Waals surface area contributed by atoms with Gasteiger partial charge in [0.15, 0.2) is 0 Å². The normalized spacial score (nSPS) is 17.6. The van der Waals surface area contributed by atoms with E-state index in [2.05, 4.69) is 19.8 Å². The fraction of sp³-hybridized carbons (Fsp3) is 0.571. The molecule has 1 aliphatic rings. The van der Waals surface area contributed by atoms with Gasteiger partial charge in [-0.15, -0.1) is 5.10 Å². The van der Waals surface area contributed by atoms with E-state index in [1.54, 1.807) is 6.26 Å².